The maximum atomic E-state index is 11.8. The summed E-state index contributed by atoms with van der Waals surface area (Å²) in [6.07, 6.45) is 3.95. The number of hydrogen-bond acceptors (Lipinski definition) is 3. The van der Waals surface area contributed by atoms with Crippen LogP contribution in [0.5, 0.6) is 0 Å². The predicted octanol–water partition coefficient (Wildman–Crippen LogP) is 0.935. The normalized spacial score (nSPS) is 21.6. The molecular formula is C10H16ClN3OS. The molecule has 0 radical (unpaired) electrons. The van der Waals surface area contributed by atoms with Crippen LogP contribution >= 0.6 is 23.7 Å². The Kier molecular flexibility index (Phi) is 5.18. The fourth-order valence-corrected chi connectivity index (χ4v) is 2.42. The van der Waals surface area contributed by atoms with E-state index in [1.54, 1.807) is 0 Å². The smallest absolute Gasteiger partial charge is 0.252 e. The fraction of sp³-hybridized carbons (Fsp3) is 0.600. The van der Waals surface area contributed by atoms with E-state index in [1.165, 1.54) is 11.3 Å². The fourth-order valence-electron chi connectivity index (χ4n) is 1.68. The lowest BCUT2D eigenvalue weighted by atomic mass is 9.99. The first kappa shape index (κ1) is 13.4. The molecule has 1 fully saturated rings. The third kappa shape index (κ3) is 3.17. The summed E-state index contributed by atoms with van der Waals surface area (Å²) in [6, 6.07) is 0. The molecule has 1 aromatic rings. The highest BCUT2D eigenvalue weighted by molar-refractivity contribution is 7.07. The lowest BCUT2D eigenvalue weighted by Crippen LogP contribution is -2.34. The van der Waals surface area contributed by atoms with Crippen LogP contribution < -0.4 is 10.1 Å². The van der Waals surface area contributed by atoms with Crippen LogP contribution in [-0.4, -0.2) is 23.6 Å². The largest absolute Gasteiger partial charge is 0.327 e. The van der Waals surface area contributed by atoms with Crippen molar-refractivity contribution >= 4 is 29.7 Å². The summed E-state index contributed by atoms with van der Waals surface area (Å²) in [5.41, 5.74) is 0. The number of halogens is 1. The van der Waals surface area contributed by atoms with Gasteiger partial charge in [-0.1, -0.05) is 0 Å². The highest BCUT2D eigenvalue weighted by Gasteiger charge is 2.20. The molecule has 1 aliphatic rings. The molecule has 4 nitrogen and oxygen atoms in total. The number of thiazole rings is 1. The topological polar surface area (TPSA) is 46.4 Å². The van der Waals surface area contributed by atoms with Crippen LogP contribution in [0.2, 0.25) is 0 Å². The second-order valence-electron chi connectivity index (χ2n) is 3.79. The number of carbonyl (C=O) groups excluding carboxylic acids is 1. The molecule has 1 aliphatic heterocycles. The number of amides is 1. The van der Waals surface area contributed by atoms with Crippen molar-refractivity contribution in [2.45, 2.75) is 12.8 Å². The SMILES string of the molecule is Cl.Cn1ccsc1=NC(=O)[C@@H]1CCCNC1. The number of aromatic nitrogens is 1. The van der Waals surface area contributed by atoms with Crippen molar-refractivity contribution in [2.75, 3.05) is 13.1 Å². The third-order valence-corrected chi connectivity index (χ3v) is 3.46. The van der Waals surface area contributed by atoms with Crippen LogP contribution in [0.25, 0.3) is 0 Å². The van der Waals surface area contributed by atoms with Gasteiger partial charge in [0.1, 0.15) is 0 Å². The molecule has 2 rings (SSSR count). The van der Waals surface area contributed by atoms with Crippen molar-refractivity contribution in [3.8, 4) is 0 Å². The maximum absolute atomic E-state index is 11.8. The third-order valence-electron chi connectivity index (χ3n) is 2.61. The molecule has 0 aliphatic carbocycles. The minimum atomic E-state index is 0. The Balaban J connectivity index is 0.00000128. The van der Waals surface area contributed by atoms with E-state index in [0.717, 1.165) is 30.7 Å². The van der Waals surface area contributed by atoms with E-state index < -0.39 is 0 Å². The standard InChI is InChI=1S/C10H15N3OS.ClH/c1-13-5-6-15-10(13)12-9(14)8-3-2-4-11-7-8;/h5-6,8,11H,2-4,7H2,1H3;1H/t8-;/m1./s1. The van der Waals surface area contributed by atoms with E-state index in [0.29, 0.717) is 0 Å². The first-order valence-corrected chi connectivity index (χ1v) is 6.05. The van der Waals surface area contributed by atoms with Gasteiger partial charge in [-0.05, 0) is 19.4 Å². The highest BCUT2D eigenvalue weighted by Crippen LogP contribution is 2.11. The number of piperidine rings is 1. The Morgan fingerprint density at radius 3 is 3.06 bits per heavy atom. The van der Waals surface area contributed by atoms with E-state index >= 15 is 0 Å². The Labute approximate surface area is 105 Å². The lowest BCUT2D eigenvalue weighted by Gasteiger charge is -2.19. The number of carbonyl (C=O) groups is 1. The molecule has 0 bridgehead atoms. The zero-order valence-electron chi connectivity index (χ0n) is 9.18. The molecule has 0 aromatic carbocycles. The first-order chi connectivity index (χ1) is 7.27. The summed E-state index contributed by atoms with van der Waals surface area (Å²) in [7, 11) is 1.90. The van der Waals surface area contributed by atoms with Gasteiger partial charge in [-0.3, -0.25) is 4.79 Å². The van der Waals surface area contributed by atoms with Gasteiger partial charge in [-0.15, -0.1) is 23.7 Å². The van der Waals surface area contributed by atoms with Crippen LogP contribution in [-0.2, 0) is 11.8 Å². The molecule has 16 heavy (non-hydrogen) atoms. The van der Waals surface area contributed by atoms with Gasteiger partial charge in [-0.2, -0.15) is 4.99 Å². The van der Waals surface area contributed by atoms with Crippen LogP contribution in [0, 0.1) is 5.92 Å². The van der Waals surface area contributed by atoms with Crippen molar-refractivity contribution in [2.24, 2.45) is 18.0 Å². The summed E-state index contributed by atoms with van der Waals surface area (Å²) in [5, 5.41) is 5.16. The second kappa shape index (κ2) is 6.18. The second-order valence-corrected chi connectivity index (χ2v) is 4.66. The first-order valence-electron chi connectivity index (χ1n) is 5.17. The number of rotatable bonds is 1. The van der Waals surface area contributed by atoms with Gasteiger partial charge >= 0.3 is 0 Å². The molecule has 1 amide bonds. The molecule has 90 valence electrons. The minimum absolute atomic E-state index is 0. The molecule has 1 saturated heterocycles. The number of hydrogen-bond donors (Lipinski definition) is 1. The molecule has 0 saturated carbocycles. The maximum Gasteiger partial charge on any atom is 0.252 e. The van der Waals surface area contributed by atoms with Crippen molar-refractivity contribution in [3.63, 3.8) is 0 Å². The average molecular weight is 262 g/mol. The van der Waals surface area contributed by atoms with Crippen molar-refractivity contribution in [1.82, 2.24) is 9.88 Å². The van der Waals surface area contributed by atoms with E-state index in [1.807, 2.05) is 23.2 Å². The quantitative estimate of drug-likeness (QED) is 0.818. The van der Waals surface area contributed by atoms with Crippen LogP contribution in [0.4, 0.5) is 0 Å². The van der Waals surface area contributed by atoms with Gasteiger partial charge in [0.2, 0.25) is 0 Å². The summed E-state index contributed by atoms with van der Waals surface area (Å²) in [5.74, 6) is 0.0844. The number of nitrogens with one attached hydrogen (secondary N) is 1. The Morgan fingerprint density at radius 1 is 1.69 bits per heavy atom. The van der Waals surface area contributed by atoms with Crippen LogP contribution in [0.1, 0.15) is 12.8 Å². The predicted molar refractivity (Wildman–Crippen MR) is 66.7 cm³/mol. The summed E-state index contributed by atoms with van der Waals surface area (Å²) in [4.78, 5) is 16.7. The van der Waals surface area contributed by atoms with Gasteiger partial charge in [0, 0.05) is 25.2 Å². The molecule has 1 aromatic heterocycles. The van der Waals surface area contributed by atoms with E-state index in [9.17, 15) is 4.79 Å². The Bertz CT molecular complexity index is 406. The van der Waals surface area contributed by atoms with Crippen molar-refractivity contribution in [3.05, 3.63) is 16.4 Å². The molecular weight excluding hydrogens is 246 g/mol. The van der Waals surface area contributed by atoms with Gasteiger partial charge < -0.3 is 9.88 Å². The molecule has 1 N–H and O–H groups in total. The zero-order chi connectivity index (χ0) is 10.7. The van der Waals surface area contributed by atoms with E-state index in [-0.39, 0.29) is 24.2 Å². The number of aryl methyl sites for hydroxylation is 1. The van der Waals surface area contributed by atoms with E-state index in [2.05, 4.69) is 10.3 Å². The monoisotopic (exact) mass is 261 g/mol. The molecule has 1 atom stereocenters. The summed E-state index contributed by atoms with van der Waals surface area (Å²) >= 11 is 1.50. The van der Waals surface area contributed by atoms with Crippen LogP contribution in [0.3, 0.4) is 0 Å². The Morgan fingerprint density at radius 2 is 2.50 bits per heavy atom. The van der Waals surface area contributed by atoms with Crippen molar-refractivity contribution in [1.29, 1.82) is 0 Å². The van der Waals surface area contributed by atoms with Crippen LogP contribution in [0.15, 0.2) is 16.6 Å². The van der Waals surface area contributed by atoms with E-state index in [4.69, 9.17) is 0 Å². The van der Waals surface area contributed by atoms with Gasteiger partial charge in [0.15, 0.2) is 4.80 Å². The highest BCUT2D eigenvalue weighted by atomic mass is 35.5. The number of nitrogens with zero attached hydrogens (tertiary/aromatic N) is 2. The summed E-state index contributed by atoms with van der Waals surface area (Å²) < 4.78 is 1.87. The molecule has 0 unspecified atom stereocenters. The molecule has 2 heterocycles. The van der Waals surface area contributed by atoms with Crippen molar-refractivity contribution < 1.29 is 4.79 Å². The zero-order valence-corrected chi connectivity index (χ0v) is 10.8. The Hall–Kier alpha value is -0.650. The minimum Gasteiger partial charge on any atom is -0.327 e. The molecule has 0 spiro atoms. The van der Waals surface area contributed by atoms with Gasteiger partial charge in [0.05, 0.1) is 5.92 Å². The molecule has 6 heteroatoms. The van der Waals surface area contributed by atoms with Gasteiger partial charge in [-0.25, -0.2) is 0 Å². The summed E-state index contributed by atoms with van der Waals surface area (Å²) in [6.45, 7) is 1.80. The average Bonchev–Trinajstić information content (AvgIpc) is 2.66. The lowest BCUT2D eigenvalue weighted by molar-refractivity contribution is -0.122. The van der Waals surface area contributed by atoms with Gasteiger partial charge in [0.25, 0.3) is 5.91 Å².